The Kier molecular flexibility index (Phi) is 7.45. The summed E-state index contributed by atoms with van der Waals surface area (Å²) >= 11 is 5.94. The minimum atomic E-state index is -0.0652. The first-order valence-electron chi connectivity index (χ1n) is 13.8. The van der Waals surface area contributed by atoms with Crippen molar-refractivity contribution in [1.29, 1.82) is 0 Å². The Morgan fingerprint density at radius 3 is 2.38 bits per heavy atom. The topological polar surface area (TPSA) is 54.8 Å². The van der Waals surface area contributed by atoms with E-state index in [-0.39, 0.29) is 12.1 Å². The predicted octanol–water partition coefficient (Wildman–Crippen LogP) is 5.51. The lowest BCUT2D eigenvalue weighted by Crippen LogP contribution is -2.36. The zero-order chi connectivity index (χ0) is 27.6. The Morgan fingerprint density at radius 2 is 1.70 bits per heavy atom. The number of ether oxygens (including phenoxy) is 2. The van der Waals surface area contributed by atoms with E-state index in [1.807, 2.05) is 30.5 Å². The number of anilines is 1. The molecule has 4 aromatic rings. The van der Waals surface area contributed by atoms with Gasteiger partial charge < -0.3 is 29.2 Å². The van der Waals surface area contributed by atoms with Crippen LogP contribution < -0.4 is 15.0 Å². The quantitative estimate of drug-likeness (QED) is 0.303. The Labute approximate surface area is 241 Å². The first-order chi connectivity index (χ1) is 19.5. The van der Waals surface area contributed by atoms with E-state index >= 15 is 0 Å². The number of nitrogens with zero attached hydrogens (tertiary/aromatic N) is 4. The maximum absolute atomic E-state index is 5.94. The van der Waals surface area contributed by atoms with Crippen LogP contribution >= 0.6 is 12.2 Å². The Morgan fingerprint density at radius 1 is 0.975 bits per heavy atom. The molecule has 1 N–H and O–H groups in total. The highest BCUT2D eigenvalue weighted by molar-refractivity contribution is 7.80. The molecule has 8 heteroatoms. The van der Waals surface area contributed by atoms with Gasteiger partial charge in [0.15, 0.2) is 5.11 Å². The minimum absolute atomic E-state index is 0.0166. The zero-order valence-electron chi connectivity index (χ0n) is 23.2. The summed E-state index contributed by atoms with van der Waals surface area (Å²) in [7, 11) is 1.69. The lowest BCUT2D eigenvalue weighted by atomic mass is 9.96. The van der Waals surface area contributed by atoms with Crippen molar-refractivity contribution in [3.8, 4) is 11.4 Å². The van der Waals surface area contributed by atoms with Crippen molar-refractivity contribution in [1.82, 2.24) is 19.8 Å². The van der Waals surface area contributed by atoms with Crippen molar-refractivity contribution < 1.29 is 9.47 Å². The van der Waals surface area contributed by atoms with Crippen molar-refractivity contribution >= 4 is 23.0 Å². The summed E-state index contributed by atoms with van der Waals surface area (Å²) in [6, 6.07) is 25.4. The zero-order valence-corrected chi connectivity index (χ0v) is 24.0. The van der Waals surface area contributed by atoms with Gasteiger partial charge in [0.25, 0.3) is 0 Å². The van der Waals surface area contributed by atoms with Crippen molar-refractivity contribution in [2.75, 3.05) is 38.3 Å². The highest BCUT2D eigenvalue weighted by atomic mass is 32.1. The highest BCUT2D eigenvalue weighted by Gasteiger charge is 2.41. The normalized spacial score (nSPS) is 19.1. The van der Waals surface area contributed by atoms with Crippen LogP contribution in [0.5, 0.6) is 5.75 Å². The number of aryl methyl sites for hydroxylation is 1. The first kappa shape index (κ1) is 26.3. The van der Waals surface area contributed by atoms with Gasteiger partial charge >= 0.3 is 0 Å². The fourth-order valence-electron chi connectivity index (χ4n) is 5.96. The average molecular weight is 554 g/mol. The molecule has 2 aliphatic heterocycles. The molecule has 4 heterocycles. The van der Waals surface area contributed by atoms with Gasteiger partial charge in [-0.3, -0.25) is 4.98 Å². The summed E-state index contributed by atoms with van der Waals surface area (Å²) in [5.41, 5.74) is 8.17. The summed E-state index contributed by atoms with van der Waals surface area (Å²) < 4.78 is 13.2. The monoisotopic (exact) mass is 553 g/mol. The van der Waals surface area contributed by atoms with Crippen LogP contribution in [-0.4, -0.2) is 53.0 Å². The number of benzene rings is 2. The van der Waals surface area contributed by atoms with Gasteiger partial charge in [-0.05, 0) is 91.8 Å². The van der Waals surface area contributed by atoms with Crippen molar-refractivity contribution in [3.05, 3.63) is 107 Å². The summed E-state index contributed by atoms with van der Waals surface area (Å²) in [6.07, 6.45) is 1.85. The largest absolute Gasteiger partial charge is 0.497 e. The second-order valence-corrected chi connectivity index (χ2v) is 10.8. The highest BCUT2D eigenvalue weighted by Crippen LogP contribution is 2.42. The third-order valence-electron chi connectivity index (χ3n) is 7.98. The Bertz CT molecular complexity index is 1460. The molecular formula is C32H35N5O2S. The van der Waals surface area contributed by atoms with Crippen molar-refractivity contribution in [2.45, 2.75) is 32.5 Å². The average Bonchev–Trinajstić information content (AvgIpc) is 3.48. The third kappa shape index (κ3) is 5.05. The van der Waals surface area contributed by atoms with E-state index in [1.165, 1.54) is 28.2 Å². The number of nitrogens with one attached hydrogen (secondary N) is 1. The second kappa shape index (κ2) is 11.3. The number of rotatable bonds is 7. The van der Waals surface area contributed by atoms with E-state index in [2.05, 4.69) is 82.1 Å². The molecule has 0 unspecified atom stereocenters. The molecule has 206 valence electrons. The van der Waals surface area contributed by atoms with Crippen LogP contribution in [0, 0.1) is 13.8 Å². The molecule has 0 aliphatic carbocycles. The van der Waals surface area contributed by atoms with Gasteiger partial charge in [0.05, 0.1) is 38.1 Å². The molecule has 0 radical (unpaired) electrons. The second-order valence-electron chi connectivity index (χ2n) is 10.4. The summed E-state index contributed by atoms with van der Waals surface area (Å²) in [5, 5.41) is 4.33. The van der Waals surface area contributed by atoms with Crippen LogP contribution in [-0.2, 0) is 11.3 Å². The van der Waals surface area contributed by atoms with Gasteiger partial charge in [-0.2, -0.15) is 0 Å². The molecule has 6 rings (SSSR count). The molecular weight excluding hydrogens is 518 g/mol. The molecule has 0 bridgehead atoms. The lowest BCUT2D eigenvalue weighted by molar-refractivity contribution is 0.122. The van der Waals surface area contributed by atoms with Gasteiger partial charge in [-0.25, -0.2) is 0 Å². The number of hydrogen-bond donors (Lipinski definition) is 1. The van der Waals surface area contributed by atoms with Crippen molar-refractivity contribution in [3.63, 3.8) is 0 Å². The van der Waals surface area contributed by atoms with Gasteiger partial charge in [-0.1, -0.05) is 18.2 Å². The van der Waals surface area contributed by atoms with E-state index in [0.29, 0.717) is 6.54 Å². The molecule has 0 saturated carbocycles. The number of methoxy groups -OCH3 is 1. The lowest BCUT2D eigenvalue weighted by Gasteiger charge is -2.29. The van der Waals surface area contributed by atoms with Crippen molar-refractivity contribution in [2.24, 2.45) is 0 Å². The van der Waals surface area contributed by atoms with E-state index in [0.717, 1.165) is 48.5 Å². The van der Waals surface area contributed by atoms with Gasteiger partial charge in [0, 0.05) is 48.6 Å². The SMILES string of the molecule is COc1ccc(CN2C(=S)N[C@H](c3ccccn3)[C@@H]2c2cc(C)n(-c3ccc(N4CCOCC4)cc3)c2C)cc1. The van der Waals surface area contributed by atoms with Crippen LogP contribution in [0.4, 0.5) is 5.69 Å². The van der Waals surface area contributed by atoms with Crippen LogP contribution in [0.3, 0.4) is 0 Å². The molecule has 2 aliphatic rings. The predicted molar refractivity (Wildman–Crippen MR) is 162 cm³/mol. The van der Waals surface area contributed by atoms with Crippen LogP contribution in [0.25, 0.3) is 5.69 Å². The molecule has 2 atom stereocenters. The van der Waals surface area contributed by atoms with Crippen LogP contribution in [0.2, 0.25) is 0 Å². The smallest absolute Gasteiger partial charge is 0.170 e. The van der Waals surface area contributed by atoms with Gasteiger partial charge in [0.2, 0.25) is 0 Å². The Balaban J connectivity index is 1.36. The van der Waals surface area contributed by atoms with E-state index in [1.54, 1.807) is 7.11 Å². The maximum atomic E-state index is 5.94. The number of thiocarbonyl (C=S) groups is 1. The number of pyridine rings is 1. The molecule has 2 aromatic carbocycles. The molecule has 40 heavy (non-hydrogen) atoms. The summed E-state index contributed by atoms with van der Waals surface area (Å²) in [5.74, 6) is 0.844. The van der Waals surface area contributed by atoms with E-state index in [4.69, 9.17) is 26.7 Å². The number of aromatic nitrogens is 2. The molecule has 2 aromatic heterocycles. The van der Waals surface area contributed by atoms with Crippen LogP contribution in [0.1, 0.15) is 40.3 Å². The van der Waals surface area contributed by atoms with Gasteiger partial charge in [-0.15, -0.1) is 0 Å². The Hall–Kier alpha value is -3.88. The fourth-order valence-corrected chi connectivity index (χ4v) is 6.27. The number of morpholine rings is 1. The third-order valence-corrected chi connectivity index (χ3v) is 8.34. The van der Waals surface area contributed by atoms with Crippen LogP contribution in [0.15, 0.2) is 79.0 Å². The summed E-state index contributed by atoms with van der Waals surface area (Å²) in [4.78, 5) is 9.40. The summed E-state index contributed by atoms with van der Waals surface area (Å²) in [6.45, 7) is 8.49. The molecule has 2 fully saturated rings. The number of hydrogen-bond acceptors (Lipinski definition) is 5. The minimum Gasteiger partial charge on any atom is -0.497 e. The first-order valence-corrected chi connectivity index (χ1v) is 14.2. The molecule has 0 amide bonds. The molecule has 2 saturated heterocycles. The molecule has 7 nitrogen and oxygen atoms in total. The maximum Gasteiger partial charge on any atom is 0.170 e. The molecule has 0 spiro atoms. The fraction of sp³-hybridized carbons (Fsp3) is 0.312. The van der Waals surface area contributed by atoms with E-state index in [9.17, 15) is 0 Å². The van der Waals surface area contributed by atoms with E-state index < -0.39 is 0 Å². The van der Waals surface area contributed by atoms with Gasteiger partial charge in [0.1, 0.15) is 5.75 Å². The standard InChI is InChI=1S/C32H35N5O2S/c1-22-20-28(23(2)37(22)26-11-9-25(10-12-26)35-16-18-39-19-17-35)31-30(29-6-4-5-15-33-29)34-32(40)36(31)21-24-7-13-27(38-3)14-8-24/h4-15,20,30-31H,16-19,21H2,1-3H3,(H,34,40)/t30-,31+/m1/s1.